The molecule has 0 aromatic heterocycles. The van der Waals surface area contributed by atoms with Crippen molar-refractivity contribution in [2.24, 2.45) is 0 Å². The summed E-state index contributed by atoms with van der Waals surface area (Å²) in [6.07, 6.45) is 0. The number of carbonyl (C=O) groups excluding carboxylic acids is 1. The third-order valence-corrected chi connectivity index (χ3v) is 5.06. The molecule has 2 aromatic carbocycles. The van der Waals surface area contributed by atoms with Crippen LogP contribution in [0.3, 0.4) is 0 Å². The van der Waals surface area contributed by atoms with Gasteiger partial charge in [-0.3, -0.25) is 4.79 Å². The number of halogens is 1. The summed E-state index contributed by atoms with van der Waals surface area (Å²) in [5.74, 6) is -0.0960. The molecule has 0 saturated carbocycles. The van der Waals surface area contributed by atoms with E-state index in [2.05, 4.69) is 10.0 Å². The van der Waals surface area contributed by atoms with Crippen molar-refractivity contribution in [1.29, 1.82) is 0 Å². The Morgan fingerprint density at radius 2 is 1.76 bits per heavy atom. The molecule has 0 radical (unpaired) electrons. The second-order valence-corrected chi connectivity index (χ2v) is 7.72. The van der Waals surface area contributed by atoms with Gasteiger partial charge in [-0.05, 0) is 55.3 Å². The summed E-state index contributed by atoms with van der Waals surface area (Å²) >= 11 is 5.94. The standard InChI is InChI=1S/C17H19ClN2O4S/c1-11-6-12(2)8-13(7-11)20-17(21)10-19-25(22,23)14-4-5-16(24-3)15(18)9-14/h4-9,19H,10H2,1-3H3,(H,20,21). The van der Waals surface area contributed by atoms with Gasteiger partial charge in [-0.25, -0.2) is 13.1 Å². The van der Waals surface area contributed by atoms with E-state index in [1.807, 2.05) is 32.0 Å². The summed E-state index contributed by atoms with van der Waals surface area (Å²) in [7, 11) is -2.43. The summed E-state index contributed by atoms with van der Waals surface area (Å²) in [6.45, 7) is 3.44. The van der Waals surface area contributed by atoms with E-state index in [9.17, 15) is 13.2 Å². The van der Waals surface area contributed by atoms with Crippen molar-refractivity contribution < 1.29 is 17.9 Å². The number of anilines is 1. The second kappa shape index (κ2) is 7.86. The Labute approximate surface area is 152 Å². The zero-order valence-electron chi connectivity index (χ0n) is 14.1. The van der Waals surface area contributed by atoms with Gasteiger partial charge < -0.3 is 10.1 Å². The van der Waals surface area contributed by atoms with Gasteiger partial charge in [-0.15, -0.1) is 0 Å². The molecule has 134 valence electrons. The van der Waals surface area contributed by atoms with Crippen molar-refractivity contribution in [2.75, 3.05) is 19.0 Å². The number of methoxy groups -OCH3 is 1. The van der Waals surface area contributed by atoms with Gasteiger partial charge in [0.05, 0.1) is 23.6 Å². The molecule has 2 N–H and O–H groups in total. The van der Waals surface area contributed by atoms with Crippen molar-refractivity contribution in [3.63, 3.8) is 0 Å². The van der Waals surface area contributed by atoms with Crippen LogP contribution >= 0.6 is 11.6 Å². The first-order valence-corrected chi connectivity index (χ1v) is 9.29. The van der Waals surface area contributed by atoms with Crippen molar-refractivity contribution in [2.45, 2.75) is 18.7 Å². The van der Waals surface area contributed by atoms with Crippen LogP contribution in [0.5, 0.6) is 5.75 Å². The van der Waals surface area contributed by atoms with Crippen LogP contribution in [0.1, 0.15) is 11.1 Å². The molecule has 0 spiro atoms. The molecule has 2 aromatic rings. The number of ether oxygens (including phenoxy) is 1. The van der Waals surface area contributed by atoms with E-state index in [1.54, 1.807) is 0 Å². The van der Waals surface area contributed by atoms with E-state index < -0.39 is 15.9 Å². The third-order valence-electron chi connectivity index (χ3n) is 3.36. The highest BCUT2D eigenvalue weighted by Crippen LogP contribution is 2.26. The van der Waals surface area contributed by atoms with Gasteiger partial charge in [0.1, 0.15) is 5.75 Å². The number of aryl methyl sites for hydroxylation is 2. The lowest BCUT2D eigenvalue weighted by Gasteiger charge is -2.10. The molecule has 0 aliphatic rings. The zero-order valence-corrected chi connectivity index (χ0v) is 15.7. The average Bonchev–Trinajstić information content (AvgIpc) is 2.52. The van der Waals surface area contributed by atoms with E-state index in [4.69, 9.17) is 16.3 Å². The van der Waals surface area contributed by atoms with Gasteiger partial charge in [0.15, 0.2) is 0 Å². The Balaban J connectivity index is 2.03. The minimum atomic E-state index is -3.86. The molecule has 0 atom stereocenters. The predicted molar refractivity (Wildman–Crippen MR) is 97.7 cm³/mol. The number of rotatable bonds is 6. The highest BCUT2D eigenvalue weighted by molar-refractivity contribution is 7.89. The number of carbonyl (C=O) groups is 1. The number of sulfonamides is 1. The Hall–Kier alpha value is -2.09. The molecule has 0 saturated heterocycles. The Kier molecular flexibility index (Phi) is 6.05. The van der Waals surface area contributed by atoms with Gasteiger partial charge in [0.25, 0.3) is 0 Å². The van der Waals surface area contributed by atoms with Crippen LogP contribution in [-0.4, -0.2) is 28.0 Å². The van der Waals surface area contributed by atoms with Gasteiger partial charge in [-0.2, -0.15) is 0 Å². The maximum atomic E-state index is 12.3. The molecule has 25 heavy (non-hydrogen) atoms. The molecular weight excluding hydrogens is 364 g/mol. The molecule has 2 rings (SSSR count). The van der Waals surface area contributed by atoms with Gasteiger partial charge in [0, 0.05) is 5.69 Å². The average molecular weight is 383 g/mol. The van der Waals surface area contributed by atoms with Crippen LogP contribution in [0.2, 0.25) is 5.02 Å². The predicted octanol–water partition coefficient (Wildman–Crippen LogP) is 2.88. The summed E-state index contributed by atoms with van der Waals surface area (Å²) in [5.41, 5.74) is 2.63. The number of hydrogen-bond donors (Lipinski definition) is 2. The number of nitrogens with one attached hydrogen (secondary N) is 2. The van der Waals surface area contributed by atoms with Crippen LogP contribution in [0.4, 0.5) is 5.69 Å². The Bertz CT molecular complexity index is 877. The highest BCUT2D eigenvalue weighted by Gasteiger charge is 2.17. The van der Waals surface area contributed by atoms with Crippen LogP contribution in [-0.2, 0) is 14.8 Å². The molecule has 1 amide bonds. The fourth-order valence-electron chi connectivity index (χ4n) is 2.31. The first-order chi connectivity index (χ1) is 11.7. The normalized spacial score (nSPS) is 11.2. The zero-order chi connectivity index (χ0) is 18.6. The minimum absolute atomic E-state index is 0.0440. The summed E-state index contributed by atoms with van der Waals surface area (Å²) < 4.78 is 31.8. The van der Waals surface area contributed by atoms with Crippen LogP contribution in [0.15, 0.2) is 41.3 Å². The smallest absolute Gasteiger partial charge is 0.241 e. The van der Waals surface area contributed by atoms with Crippen LogP contribution in [0, 0.1) is 13.8 Å². The van der Waals surface area contributed by atoms with E-state index in [0.29, 0.717) is 11.4 Å². The molecule has 0 unspecified atom stereocenters. The summed E-state index contributed by atoms with van der Waals surface area (Å²) in [4.78, 5) is 12.0. The van der Waals surface area contributed by atoms with Crippen molar-refractivity contribution in [3.8, 4) is 5.75 Å². The van der Waals surface area contributed by atoms with Gasteiger partial charge >= 0.3 is 0 Å². The highest BCUT2D eigenvalue weighted by atomic mass is 35.5. The van der Waals surface area contributed by atoms with E-state index in [0.717, 1.165) is 11.1 Å². The topological polar surface area (TPSA) is 84.5 Å². The van der Waals surface area contributed by atoms with Crippen molar-refractivity contribution >= 4 is 33.2 Å². The molecule has 0 bridgehead atoms. The maximum absolute atomic E-state index is 12.3. The first-order valence-electron chi connectivity index (χ1n) is 7.42. The van der Waals surface area contributed by atoms with E-state index in [1.165, 1.54) is 25.3 Å². The lowest BCUT2D eigenvalue weighted by molar-refractivity contribution is -0.115. The fourth-order valence-corrected chi connectivity index (χ4v) is 3.64. The van der Waals surface area contributed by atoms with E-state index >= 15 is 0 Å². The number of hydrogen-bond acceptors (Lipinski definition) is 4. The maximum Gasteiger partial charge on any atom is 0.241 e. The third kappa shape index (κ3) is 5.19. The fraction of sp³-hybridized carbons (Fsp3) is 0.235. The lowest BCUT2D eigenvalue weighted by Crippen LogP contribution is -2.32. The molecular formula is C17H19ClN2O4S. The Morgan fingerprint density at radius 1 is 1.12 bits per heavy atom. The molecule has 0 fully saturated rings. The SMILES string of the molecule is COc1ccc(S(=O)(=O)NCC(=O)Nc2cc(C)cc(C)c2)cc1Cl. The molecule has 8 heteroatoms. The Morgan fingerprint density at radius 3 is 2.32 bits per heavy atom. The molecule has 0 aliphatic heterocycles. The largest absolute Gasteiger partial charge is 0.495 e. The molecule has 0 heterocycles. The number of benzene rings is 2. The van der Waals surface area contributed by atoms with E-state index in [-0.39, 0.29) is 16.5 Å². The summed E-state index contributed by atoms with van der Waals surface area (Å²) in [6, 6.07) is 9.67. The van der Waals surface area contributed by atoms with Crippen LogP contribution < -0.4 is 14.8 Å². The van der Waals surface area contributed by atoms with Gasteiger partial charge in [0.2, 0.25) is 15.9 Å². The van der Waals surface area contributed by atoms with Crippen LogP contribution in [0.25, 0.3) is 0 Å². The quantitative estimate of drug-likeness (QED) is 0.804. The van der Waals surface area contributed by atoms with Crippen molar-refractivity contribution in [1.82, 2.24) is 4.72 Å². The van der Waals surface area contributed by atoms with Gasteiger partial charge in [-0.1, -0.05) is 17.7 Å². The summed E-state index contributed by atoms with van der Waals surface area (Å²) in [5, 5.41) is 2.84. The lowest BCUT2D eigenvalue weighted by atomic mass is 10.1. The monoisotopic (exact) mass is 382 g/mol. The first kappa shape index (κ1) is 19.2. The number of amides is 1. The molecule has 6 nitrogen and oxygen atoms in total. The molecule has 0 aliphatic carbocycles. The van der Waals surface area contributed by atoms with Crippen molar-refractivity contribution in [3.05, 3.63) is 52.5 Å². The second-order valence-electron chi connectivity index (χ2n) is 5.55. The minimum Gasteiger partial charge on any atom is -0.495 e.